The molecular weight excluding hydrogens is 347 g/mol. The molecule has 1 aromatic heterocycles. The first-order chi connectivity index (χ1) is 13.1. The highest BCUT2D eigenvalue weighted by Crippen LogP contribution is 2.32. The van der Waals surface area contributed by atoms with E-state index in [4.69, 9.17) is 5.10 Å². The molecule has 1 N–H and O–H groups in total. The second-order valence-electron chi connectivity index (χ2n) is 6.62. The van der Waals surface area contributed by atoms with Crippen LogP contribution in [0, 0.1) is 15.9 Å². The fraction of sp³-hybridized carbons (Fsp3) is 0.250. The number of para-hydroxylation sites is 2. The zero-order chi connectivity index (χ0) is 18.8. The van der Waals surface area contributed by atoms with Crippen LogP contribution in [0.5, 0.6) is 0 Å². The summed E-state index contributed by atoms with van der Waals surface area (Å²) >= 11 is 0. The monoisotopic (exact) mass is 366 g/mol. The fourth-order valence-electron chi connectivity index (χ4n) is 3.48. The predicted octanol–water partition coefficient (Wildman–Crippen LogP) is 4.26. The fourth-order valence-corrected chi connectivity index (χ4v) is 3.48. The number of halogens is 1. The SMILES string of the molecule is O=[N+]([O-])c1ccccc1-n1nc(Cc2ccc(F)cc2)c2c1NCCCC2. The number of hydrogen-bond acceptors (Lipinski definition) is 4. The molecule has 0 amide bonds. The van der Waals surface area contributed by atoms with Crippen LogP contribution in [0.4, 0.5) is 15.9 Å². The number of rotatable bonds is 4. The molecule has 0 fully saturated rings. The second-order valence-corrected chi connectivity index (χ2v) is 6.62. The van der Waals surface area contributed by atoms with E-state index in [-0.39, 0.29) is 16.4 Å². The van der Waals surface area contributed by atoms with Gasteiger partial charge in [0.15, 0.2) is 0 Å². The Labute approximate surface area is 155 Å². The molecule has 3 aromatic rings. The summed E-state index contributed by atoms with van der Waals surface area (Å²) in [5.41, 5.74) is 3.36. The van der Waals surface area contributed by atoms with Gasteiger partial charge in [0, 0.05) is 24.6 Å². The van der Waals surface area contributed by atoms with Gasteiger partial charge in [-0.1, -0.05) is 24.3 Å². The molecule has 6 nitrogen and oxygen atoms in total. The number of hydrogen-bond donors (Lipinski definition) is 1. The smallest absolute Gasteiger partial charge is 0.294 e. The van der Waals surface area contributed by atoms with Gasteiger partial charge in [0.2, 0.25) is 0 Å². The number of nitro groups is 1. The van der Waals surface area contributed by atoms with Gasteiger partial charge >= 0.3 is 0 Å². The van der Waals surface area contributed by atoms with E-state index < -0.39 is 0 Å². The summed E-state index contributed by atoms with van der Waals surface area (Å²) in [7, 11) is 0. The summed E-state index contributed by atoms with van der Waals surface area (Å²) in [5, 5.41) is 19.6. The van der Waals surface area contributed by atoms with Crippen molar-refractivity contribution in [1.29, 1.82) is 0 Å². The van der Waals surface area contributed by atoms with Gasteiger partial charge in [-0.25, -0.2) is 9.07 Å². The topological polar surface area (TPSA) is 73.0 Å². The van der Waals surface area contributed by atoms with Crippen molar-refractivity contribution < 1.29 is 9.31 Å². The highest BCUT2D eigenvalue weighted by Gasteiger charge is 2.24. The molecule has 0 spiro atoms. The number of nitrogens with zero attached hydrogens (tertiary/aromatic N) is 3. The molecule has 7 heteroatoms. The Bertz CT molecular complexity index is 982. The van der Waals surface area contributed by atoms with E-state index in [1.54, 1.807) is 35.0 Å². The van der Waals surface area contributed by atoms with E-state index in [0.29, 0.717) is 12.1 Å². The van der Waals surface area contributed by atoms with Gasteiger partial charge in [-0.3, -0.25) is 10.1 Å². The minimum absolute atomic E-state index is 0.0159. The summed E-state index contributed by atoms with van der Waals surface area (Å²) in [5.74, 6) is 0.545. The maximum absolute atomic E-state index is 13.2. The molecule has 1 aliphatic heterocycles. The van der Waals surface area contributed by atoms with Crippen molar-refractivity contribution in [3.05, 3.63) is 81.3 Å². The van der Waals surface area contributed by atoms with Crippen LogP contribution >= 0.6 is 0 Å². The molecule has 0 saturated heterocycles. The lowest BCUT2D eigenvalue weighted by molar-refractivity contribution is -0.384. The first-order valence-corrected chi connectivity index (χ1v) is 8.96. The summed E-state index contributed by atoms with van der Waals surface area (Å²) in [6.45, 7) is 0.801. The lowest BCUT2D eigenvalue weighted by Gasteiger charge is -2.09. The number of nitrogens with one attached hydrogen (secondary N) is 1. The quantitative estimate of drug-likeness (QED) is 0.553. The third-order valence-electron chi connectivity index (χ3n) is 4.80. The first-order valence-electron chi connectivity index (χ1n) is 8.96. The molecule has 0 atom stereocenters. The molecular formula is C20H19FN4O2. The Morgan fingerprint density at radius 3 is 2.70 bits per heavy atom. The number of anilines is 1. The van der Waals surface area contributed by atoms with Crippen LogP contribution in [-0.2, 0) is 12.8 Å². The van der Waals surface area contributed by atoms with Gasteiger partial charge in [0.05, 0.1) is 10.6 Å². The normalized spacial score (nSPS) is 13.5. The third kappa shape index (κ3) is 3.40. The van der Waals surface area contributed by atoms with E-state index in [1.165, 1.54) is 18.2 Å². The average molecular weight is 366 g/mol. The molecule has 27 heavy (non-hydrogen) atoms. The molecule has 1 aliphatic rings. The molecule has 2 aromatic carbocycles. The van der Waals surface area contributed by atoms with E-state index in [1.807, 2.05) is 0 Å². The zero-order valence-corrected chi connectivity index (χ0v) is 14.7. The summed E-state index contributed by atoms with van der Waals surface area (Å²) in [6.07, 6.45) is 3.47. The molecule has 0 bridgehead atoms. The van der Waals surface area contributed by atoms with Crippen molar-refractivity contribution in [1.82, 2.24) is 9.78 Å². The van der Waals surface area contributed by atoms with Crippen molar-refractivity contribution >= 4 is 11.5 Å². The summed E-state index contributed by atoms with van der Waals surface area (Å²) in [4.78, 5) is 11.1. The summed E-state index contributed by atoms with van der Waals surface area (Å²) < 4.78 is 14.9. The van der Waals surface area contributed by atoms with Crippen LogP contribution in [0.3, 0.4) is 0 Å². The van der Waals surface area contributed by atoms with Gasteiger partial charge in [-0.2, -0.15) is 5.10 Å². The van der Waals surface area contributed by atoms with Crippen LogP contribution < -0.4 is 5.32 Å². The Morgan fingerprint density at radius 1 is 1.15 bits per heavy atom. The Kier molecular flexibility index (Phi) is 4.58. The molecule has 0 saturated carbocycles. The van der Waals surface area contributed by atoms with Crippen LogP contribution in [0.15, 0.2) is 48.5 Å². The number of benzene rings is 2. The van der Waals surface area contributed by atoms with Crippen LogP contribution in [0.1, 0.15) is 29.7 Å². The number of fused-ring (bicyclic) bond motifs is 1. The summed E-state index contributed by atoms with van der Waals surface area (Å²) in [6, 6.07) is 13.0. The predicted molar refractivity (Wildman–Crippen MR) is 101 cm³/mol. The van der Waals surface area contributed by atoms with Crippen molar-refractivity contribution in [3.63, 3.8) is 0 Å². The standard InChI is InChI=1S/C20H19FN4O2/c21-15-10-8-14(9-11-15)13-17-16-5-3-4-12-22-20(16)24(23-17)18-6-1-2-7-19(18)25(26)27/h1-2,6-11,22H,3-5,12-13H2. The van der Waals surface area contributed by atoms with Crippen molar-refractivity contribution in [2.24, 2.45) is 0 Å². The molecule has 0 radical (unpaired) electrons. The Morgan fingerprint density at radius 2 is 1.93 bits per heavy atom. The van der Waals surface area contributed by atoms with E-state index >= 15 is 0 Å². The third-order valence-corrected chi connectivity index (χ3v) is 4.80. The van der Waals surface area contributed by atoms with Gasteiger partial charge in [0.25, 0.3) is 5.69 Å². The molecule has 4 rings (SSSR count). The molecule has 0 unspecified atom stereocenters. The molecule has 2 heterocycles. The maximum Gasteiger partial charge on any atom is 0.294 e. The average Bonchev–Trinajstić information content (AvgIpc) is 2.84. The largest absolute Gasteiger partial charge is 0.370 e. The van der Waals surface area contributed by atoms with E-state index in [0.717, 1.165) is 48.4 Å². The minimum atomic E-state index is -0.389. The second kappa shape index (κ2) is 7.19. The lowest BCUT2D eigenvalue weighted by Crippen LogP contribution is -2.08. The number of aromatic nitrogens is 2. The van der Waals surface area contributed by atoms with Gasteiger partial charge in [-0.15, -0.1) is 0 Å². The van der Waals surface area contributed by atoms with Crippen molar-refractivity contribution in [2.45, 2.75) is 25.7 Å². The van der Waals surface area contributed by atoms with Gasteiger partial charge < -0.3 is 5.32 Å². The van der Waals surface area contributed by atoms with Crippen LogP contribution in [0.2, 0.25) is 0 Å². The van der Waals surface area contributed by atoms with E-state index in [9.17, 15) is 14.5 Å². The first kappa shape index (κ1) is 17.2. The Balaban J connectivity index is 1.82. The minimum Gasteiger partial charge on any atom is -0.370 e. The lowest BCUT2D eigenvalue weighted by atomic mass is 10.0. The highest BCUT2D eigenvalue weighted by molar-refractivity contribution is 5.60. The molecule has 0 aliphatic carbocycles. The van der Waals surface area contributed by atoms with Crippen LogP contribution in [-0.4, -0.2) is 21.2 Å². The van der Waals surface area contributed by atoms with Crippen molar-refractivity contribution in [2.75, 3.05) is 11.9 Å². The number of nitro benzene ring substituents is 1. The molecule has 138 valence electrons. The van der Waals surface area contributed by atoms with Gasteiger partial charge in [0.1, 0.15) is 17.3 Å². The van der Waals surface area contributed by atoms with Crippen LogP contribution in [0.25, 0.3) is 5.69 Å². The zero-order valence-electron chi connectivity index (χ0n) is 14.7. The highest BCUT2D eigenvalue weighted by atomic mass is 19.1. The van der Waals surface area contributed by atoms with Gasteiger partial charge in [-0.05, 0) is 43.0 Å². The van der Waals surface area contributed by atoms with E-state index in [2.05, 4.69) is 5.32 Å². The Hall–Kier alpha value is -3.22. The van der Waals surface area contributed by atoms with Crippen molar-refractivity contribution in [3.8, 4) is 5.69 Å². The maximum atomic E-state index is 13.2.